The number of nitrogens with zero attached hydrogens (tertiary/aromatic N) is 1. The predicted octanol–water partition coefficient (Wildman–Crippen LogP) is 3.29. The number of nitrogens with one attached hydrogen (secondary N) is 1. The molecule has 100 valence electrons. The highest BCUT2D eigenvalue weighted by Gasteiger charge is 2.18. The minimum atomic E-state index is 0.538. The lowest BCUT2D eigenvalue weighted by atomic mass is 10.1. The first-order valence-electron chi connectivity index (χ1n) is 6.91. The van der Waals surface area contributed by atoms with E-state index in [1.165, 1.54) is 16.1 Å². The Kier molecular flexibility index (Phi) is 3.85. The molecular formula is C16H20N2S. The molecule has 0 bridgehead atoms. The van der Waals surface area contributed by atoms with E-state index >= 15 is 0 Å². The second-order valence-electron chi connectivity index (χ2n) is 5.19. The molecule has 0 aliphatic carbocycles. The lowest BCUT2D eigenvalue weighted by Gasteiger charge is -2.26. The van der Waals surface area contributed by atoms with Crippen LogP contribution in [0.4, 0.5) is 5.69 Å². The van der Waals surface area contributed by atoms with Crippen molar-refractivity contribution in [3.8, 4) is 0 Å². The topological polar surface area (TPSA) is 15.3 Å². The molecule has 2 heterocycles. The van der Waals surface area contributed by atoms with Gasteiger partial charge in [0, 0.05) is 36.2 Å². The molecule has 3 heteroatoms. The standard InChI is InChI=1S/C16H20N2S/c1-13-12-18(9-8-15-6-4-10-19-15)16-7-3-2-5-14(16)11-17-13/h2-7,10,13,17H,8-9,11-12H2,1H3. The average Bonchev–Trinajstić information content (AvgIpc) is 2.89. The summed E-state index contributed by atoms with van der Waals surface area (Å²) in [6, 6.07) is 13.7. The van der Waals surface area contributed by atoms with Gasteiger partial charge in [0.25, 0.3) is 0 Å². The van der Waals surface area contributed by atoms with E-state index in [4.69, 9.17) is 0 Å². The lowest BCUT2D eigenvalue weighted by Crippen LogP contribution is -2.37. The zero-order valence-corrected chi connectivity index (χ0v) is 12.1. The van der Waals surface area contributed by atoms with Gasteiger partial charge in [-0.3, -0.25) is 0 Å². The molecule has 2 aromatic rings. The fourth-order valence-electron chi connectivity index (χ4n) is 2.66. The Balaban J connectivity index is 1.78. The summed E-state index contributed by atoms with van der Waals surface area (Å²) >= 11 is 1.86. The first kappa shape index (κ1) is 12.7. The van der Waals surface area contributed by atoms with Crippen LogP contribution in [0.5, 0.6) is 0 Å². The van der Waals surface area contributed by atoms with E-state index in [-0.39, 0.29) is 0 Å². The molecule has 0 saturated heterocycles. The van der Waals surface area contributed by atoms with E-state index in [0.29, 0.717) is 6.04 Å². The zero-order valence-electron chi connectivity index (χ0n) is 11.3. The largest absolute Gasteiger partial charge is 0.369 e. The first-order valence-corrected chi connectivity index (χ1v) is 7.79. The van der Waals surface area contributed by atoms with Crippen molar-refractivity contribution in [1.29, 1.82) is 0 Å². The van der Waals surface area contributed by atoms with Crippen LogP contribution in [0.3, 0.4) is 0 Å². The molecule has 0 fully saturated rings. The quantitative estimate of drug-likeness (QED) is 0.922. The van der Waals surface area contributed by atoms with E-state index in [9.17, 15) is 0 Å². The molecule has 2 nitrogen and oxygen atoms in total. The summed E-state index contributed by atoms with van der Waals surface area (Å²) in [5, 5.41) is 5.75. The molecule has 1 aromatic carbocycles. The molecule has 1 N–H and O–H groups in total. The Hall–Kier alpha value is -1.32. The molecule has 1 aromatic heterocycles. The molecule has 1 aliphatic rings. The maximum Gasteiger partial charge on any atom is 0.0412 e. The smallest absolute Gasteiger partial charge is 0.0412 e. The van der Waals surface area contributed by atoms with Gasteiger partial charge in [0.05, 0.1) is 0 Å². The van der Waals surface area contributed by atoms with Crippen LogP contribution in [0.15, 0.2) is 41.8 Å². The second kappa shape index (κ2) is 5.76. The Morgan fingerprint density at radius 1 is 1.26 bits per heavy atom. The van der Waals surface area contributed by atoms with Gasteiger partial charge in [-0.2, -0.15) is 0 Å². The normalized spacial score (nSPS) is 19.0. The SMILES string of the molecule is CC1CN(CCc2cccs2)c2ccccc2CN1. The number of thiophene rings is 1. The van der Waals surface area contributed by atoms with Gasteiger partial charge in [-0.1, -0.05) is 24.3 Å². The van der Waals surface area contributed by atoms with Crippen molar-refractivity contribution in [3.63, 3.8) is 0 Å². The number of benzene rings is 1. The van der Waals surface area contributed by atoms with E-state index in [0.717, 1.165) is 26.1 Å². The van der Waals surface area contributed by atoms with E-state index in [1.54, 1.807) is 0 Å². The molecular weight excluding hydrogens is 252 g/mol. The van der Waals surface area contributed by atoms with Gasteiger partial charge < -0.3 is 10.2 Å². The molecule has 0 saturated carbocycles. The highest BCUT2D eigenvalue weighted by atomic mass is 32.1. The van der Waals surface area contributed by atoms with Gasteiger partial charge >= 0.3 is 0 Å². The number of rotatable bonds is 3. The van der Waals surface area contributed by atoms with Crippen molar-refractivity contribution in [2.45, 2.75) is 25.9 Å². The maximum absolute atomic E-state index is 3.58. The van der Waals surface area contributed by atoms with E-state index in [1.807, 2.05) is 11.3 Å². The fraction of sp³-hybridized carbons (Fsp3) is 0.375. The van der Waals surface area contributed by atoms with Crippen molar-refractivity contribution in [2.24, 2.45) is 0 Å². The fourth-order valence-corrected chi connectivity index (χ4v) is 3.36. The summed E-state index contributed by atoms with van der Waals surface area (Å²) in [5.74, 6) is 0. The molecule has 1 unspecified atom stereocenters. The third-order valence-corrected chi connectivity index (χ3v) is 4.61. The van der Waals surface area contributed by atoms with Gasteiger partial charge in [-0.15, -0.1) is 11.3 Å². The third-order valence-electron chi connectivity index (χ3n) is 3.68. The van der Waals surface area contributed by atoms with E-state index in [2.05, 4.69) is 58.9 Å². The van der Waals surface area contributed by atoms with Crippen molar-refractivity contribution in [1.82, 2.24) is 5.32 Å². The highest BCUT2D eigenvalue weighted by Crippen LogP contribution is 2.24. The number of hydrogen-bond acceptors (Lipinski definition) is 3. The molecule has 1 aliphatic heterocycles. The van der Waals surface area contributed by atoms with E-state index < -0.39 is 0 Å². The number of anilines is 1. The van der Waals surface area contributed by atoms with Crippen LogP contribution in [-0.2, 0) is 13.0 Å². The van der Waals surface area contributed by atoms with Gasteiger partial charge in [-0.25, -0.2) is 0 Å². The Bertz CT molecular complexity index is 521. The van der Waals surface area contributed by atoms with Crippen LogP contribution in [-0.4, -0.2) is 19.1 Å². The van der Waals surface area contributed by atoms with Crippen LogP contribution in [0.25, 0.3) is 0 Å². The van der Waals surface area contributed by atoms with Crippen molar-refractivity contribution in [2.75, 3.05) is 18.0 Å². The summed E-state index contributed by atoms with van der Waals surface area (Å²) in [5.41, 5.74) is 2.81. The summed E-state index contributed by atoms with van der Waals surface area (Å²) in [6.07, 6.45) is 1.14. The number of fused-ring (bicyclic) bond motifs is 1. The molecule has 0 amide bonds. The molecule has 19 heavy (non-hydrogen) atoms. The molecule has 3 rings (SSSR count). The van der Waals surface area contributed by atoms with Gasteiger partial charge in [0.15, 0.2) is 0 Å². The molecule has 0 radical (unpaired) electrons. The third kappa shape index (κ3) is 2.99. The van der Waals surface area contributed by atoms with Crippen LogP contribution in [0, 0.1) is 0 Å². The van der Waals surface area contributed by atoms with Crippen LogP contribution >= 0.6 is 11.3 Å². The molecule has 1 atom stereocenters. The van der Waals surface area contributed by atoms with Gasteiger partial charge in [-0.05, 0) is 36.4 Å². The van der Waals surface area contributed by atoms with Gasteiger partial charge in [0.1, 0.15) is 0 Å². The summed E-state index contributed by atoms with van der Waals surface area (Å²) in [7, 11) is 0. The Labute approximate surface area is 119 Å². The minimum Gasteiger partial charge on any atom is -0.369 e. The maximum atomic E-state index is 3.58. The average molecular weight is 272 g/mol. The Morgan fingerprint density at radius 3 is 3.00 bits per heavy atom. The van der Waals surface area contributed by atoms with Crippen LogP contribution < -0.4 is 10.2 Å². The summed E-state index contributed by atoms with van der Waals surface area (Å²) < 4.78 is 0. The van der Waals surface area contributed by atoms with Crippen molar-refractivity contribution >= 4 is 17.0 Å². The second-order valence-corrected chi connectivity index (χ2v) is 6.22. The summed E-state index contributed by atoms with van der Waals surface area (Å²) in [4.78, 5) is 4.00. The van der Waals surface area contributed by atoms with Crippen LogP contribution in [0.2, 0.25) is 0 Å². The highest BCUT2D eigenvalue weighted by molar-refractivity contribution is 7.09. The number of para-hydroxylation sites is 1. The predicted molar refractivity (Wildman–Crippen MR) is 83.0 cm³/mol. The summed E-state index contributed by atoms with van der Waals surface area (Å²) in [6.45, 7) is 5.43. The first-order chi connectivity index (χ1) is 9.33. The number of hydrogen-bond donors (Lipinski definition) is 1. The lowest BCUT2D eigenvalue weighted by molar-refractivity contribution is 0.553. The Morgan fingerprint density at radius 2 is 2.16 bits per heavy atom. The minimum absolute atomic E-state index is 0.538. The molecule has 0 spiro atoms. The van der Waals surface area contributed by atoms with Crippen LogP contribution in [0.1, 0.15) is 17.4 Å². The van der Waals surface area contributed by atoms with Crippen molar-refractivity contribution < 1.29 is 0 Å². The monoisotopic (exact) mass is 272 g/mol. The van der Waals surface area contributed by atoms with Crippen molar-refractivity contribution in [3.05, 3.63) is 52.2 Å². The van der Waals surface area contributed by atoms with Gasteiger partial charge in [0.2, 0.25) is 0 Å². The zero-order chi connectivity index (χ0) is 13.1.